The van der Waals surface area contributed by atoms with Crippen molar-refractivity contribution in [1.29, 1.82) is 5.26 Å². The molecule has 0 fully saturated rings. The Labute approximate surface area is 193 Å². The second kappa shape index (κ2) is 10.2. The zero-order valence-electron chi connectivity index (χ0n) is 17.6. The summed E-state index contributed by atoms with van der Waals surface area (Å²) < 4.78 is 31.7. The summed E-state index contributed by atoms with van der Waals surface area (Å²) in [6.45, 7) is 0.180. The van der Waals surface area contributed by atoms with Crippen LogP contribution in [-0.2, 0) is 6.61 Å². The summed E-state index contributed by atoms with van der Waals surface area (Å²) in [4.78, 5) is 19.1. The van der Waals surface area contributed by atoms with E-state index in [1.54, 1.807) is 48.5 Å². The smallest absolute Gasteiger partial charge is 0.270 e. The van der Waals surface area contributed by atoms with E-state index >= 15 is 0 Å². The van der Waals surface area contributed by atoms with Gasteiger partial charge in [-0.1, -0.05) is 54.6 Å². The molecule has 0 bridgehead atoms. The number of hydrogen-bond donors (Lipinski definition) is 2. The number of nitrogens with zero attached hydrogens (tertiary/aromatic N) is 3. The molecule has 0 saturated carbocycles. The van der Waals surface area contributed by atoms with Crippen LogP contribution in [0.3, 0.4) is 0 Å². The Bertz CT molecular complexity index is 1430. The molecule has 0 aliphatic heterocycles. The van der Waals surface area contributed by atoms with Gasteiger partial charge in [0.25, 0.3) is 5.56 Å². The van der Waals surface area contributed by atoms with Gasteiger partial charge in [-0.05, 0) is 23.3 Å². The van der Waals surface area contributed by atoms with Crippen LogP contribution in [-0.4, -0.2) is 16.2 Å². The molecule has 2 N–H and O–H groups in total. The molecule has 0 spiro atoms. The Hall–Kier alpha value is -4.84. The third-order valence-electron chi connectivity index (χ3n) is 4.74. The van der Waals surface area contributed by atoms with Gasteiger partial charge in [0.2, 0.25) is 5.95 Å². The van der Waals surface area contributed by atoms with E-state index in [1.165, 1.54) is 12.3 Å². The number of halogens is 2. The third-order valence-corrected chi connectivity index (χ3v) is 4.74. The van der Waals surface area contributed by atoms with Crippen LogP contribution in [0.25, 0.3) is 11.3 Å². The molecule has 0 amide bonds. The van der Waals surface area contributed by atoms with E-state index in [-0.39, 0.29) is 29.6 Å². The summed E-state index contributed by atoms with van der Waals surface area (Å²) in [7, 11) is 0. The molecule has 0 atom stereocenters. The minimum atomic E-state index is -0.967. The number of nitrogens with one attached hydrogen (secondary N) is 2. The zero-order valence-corrected chi connectivity index (χ0v) is 17.6. The fourth-order valence-corrected chi connectivity index (χ4v) is 3.04. The van der Waals surface area contributed by atoms with Crippen molar-refractivity contribution in [1.82, 2.24) is 9.97 Å². The first-order valence-corrected chi connectivity index (χ1v) is 10.1. The minimum Gasteiger partial charge on any atom is -0.489 e. The van der Waals surface area contributed by atoms with E-state index in [4.69, 9.17) is 4.74 Å². The lowest BCUT2D eigenvalue weighted by molar-refractivity contribution is 0.303. The number of rotatable bonds is 7. The summed E-state index contributed by atoms with van der Waals surface area (Å²) in [5.41, 5.74) is 4.49. The Balaban J connectivity index is 1.41. The predicted octanol–water partition coefficient (Wildman–Crippen LogP) is 4.61. The average molecular weight is 457 g/mol. The number of aromatic amines is 1. The van der Waals surface area contributed by atoms with Gasteiger partial charge in [0, 0.05) is 11.6 Å². The Morgan fingerprint density at radius 1 is 1.06 bits per heavy atom. The molecule has 0 aliphatic carbocycles. The molecule has 3 aromatic carbocycles. The first-order valence-electron chi connectivity index (χ1n) is 10.1. The Morgan fingerprint density at radius 2 is 1.82 bits per heavy atom. The number of benzene rings is 3. The van der Waals surface area contributed by atoms with Gasteiger partial charge in [-0.25, -0.2) is 19.2 Å². The second-order valence-electron chi connectivity index (χ2n) is 7.09. The topological polar surface area (TPSA) is 103 Å². The lowest BCUT2D eigenvalue weighted by Crippen LogP contribution is -2.16. The van der Waals surface area contributed by atoms with Gasteiger partial charge in [0.1, 0.15) is 24.0 Å². The van der Waals surface area contributed by atoms with Crippen molar-refractivity contribution in [2.75, 3.05) is 5.43 Å². The fraction of sp³-hybridized carbons (Fsp3) is 0.0400. The van der Waals surface area contributed by atoms with Crippen LogP contribution in [0.4, 0.5) is 14.7 Å². The van der Waals surface area contributed by atoms with Gasteiger partial charge in [-0.2, -0.15) is 10.4 Å². The number of H-pyrrole nitrogens is 1. The maximum atomic E-state index is 13.3. The van der Waals surface area contributed by atoms with E-state index in [9.17, 15) is 18.8 Å². The zero-order chi connectivity index (χ0) is 23.9. The molecule has 0 aliphatic rings. The molecule has 0 saturated heterocycles. The van der Waals surface area contributed by atoms with Crippen LogP contribution in [0.15, 0.2) is 82.7 Å². The maximum absolute atomic E-state index is 13.3. The van der Waals surface area contributed by atoms with Crippen LogP contribution in [0, 0.1) is 23.0 Å². The average Bonchev–Trinajstić information content (AvgIpc) is 2.86. The van der Waals surface area contributed by atoms with E-state index in [1.807, 2.05) is 12.1 Å². The van der Waals surface area contributed by atoms with Crippen LogP contribution in [0.5, 0.6) is 5.75 Å². The Morgan fingerprint density at radius 3 is 2.53 bits per heavy atom. The molecule has 9 heteroatoms. The summed E-state index contributed by atoms with van der Waals surface area (Å²) in [5, 5.41) is 13.4. The molecule has 0 unspecified atom stereocenters. The first kappa shape index (κ1) is 22.4. The number of hydrogen-bond acceptors (Lipinski definition) is 6. The van der Waals surface area contributed by atoms with Gasteiger partial charge in [-0.3, -0.25) is 9.78 Å². The summed E-state index contributed by atoms with van der Waals surface area (Å²) in [6, 6.07) is 21.3. The fourth-order valence-electron chi connectivity index (χ4n) is 3.04. The van der Waals surface area contributed by atoms with Crippen LogP contribution >= 0.6 is 0 Å². The van der Waals surface area contributed by atoms with Crippen molar-refractivity contribution in [3.63, 3.8) is 0 Å². The number of ether oxygens (including phenoxy) is 1. The van der Waals surface area contributed by atoms with Gasteiger partial charge in [0.05, 0.1) is 11.9 Å². The molecule has 0 radical (unpaired) electrons. The third kappa shape index (κ3) is 5.31. The molecular weight excluding hydrogens is 440 g/mol. The molecule has 4 aromatic rings. The van der Waals surface area contributed by atoms with Crippen molar-refractivity contribution in [3.8, 4) is 23.1 Å². The highest BCUT2D eigenvalue weighted by Gasteiger charge is 2.12. The lowest BCUT2D eigenvalue weighted by Gasteiger charge is -2.07. The number of aromatic nitrogens is 2. The molecule has 1 aromatic heterocycles. The quantitative estimate of drug-likeness (QED) is 0.312. The van der Waals surface area contributed by atoms with E-state index in [0.717, 1.165) is 23.3 Å². The van der Waals surface area contributed by atoms with Gasteiger partial charge in [0.15, 0.2) is 11.6 Å². The van der Waals surface area contributed by atoms with Crippen LogP contribution < -0.4 is 15.7 Å². The van der Waals surface area contributed by atoms with Crippen molar-refractivity contribution in [3.05, 3.63) is 111 Å². The van der Waals surface area contributed by atoms with Gasteiger partial charge in [-0.15, -0.1) is 0 Å². The number of anilines is 1. The molecular formula is C25H17F2N5O2. The van der Waals surface area contributed by atoms with Crippen molar-refractivity contribution in [2.45, 2.75) is 6.61 Å². The van der Waals surface area contributed by atoms with Crippen LogP contribution in [0.1, 0.15) is 16.7 Å². The Kier molecular flexibility index (Phi) is 6.70. The highest BCUT2D eigenvalue weighted by atomic mass is 19.2. The SMILES string of the molecule is N#Cc1c(-c2ccccc2)nc(NN=Cc2ccc(COc3ccc(F)c(F)c3)cc2)[nH]c1=O. The van der Waals surface area contributed by atoms with E-state index in [0.29, 0.717) is 5.56 Å². The van der Waals surface area contributed by atoms with Crippen molar-refractivity contribution < 1.29 is 13.5 Å². The van der Waals surface area contributed by atoms with Crippen molar-refractivity contribution in [2.24, 2.45) is 5.10 Å². The molecule has 7 nitrogen and oxygen atoms in total. The minimum absolute atomic E-state index is 0.0816. The maximum Gasteiger partial charge on any atom is 0.270 e. The highest BCUT2D eigenvalue weighted by Crippen LogP contribution is 2.20. The summed E-state index contributed by atoms with van der Waals surface area (Å²) in [5.74, 6) is -1.57. The number of hydrazone groups is 1. The monoisotopic (exact) mass is 457 g/mol. The van der Waals surface area contributed by atoms with Crippen molar-refractivity contribution >= 4 is 12.2 Å². The largest absolute Gasteiger partial charge is 0.489 e. The summed E-state index contributed by atoms with van der Waals surface area (Å²) in [6.07, 6.45) is 1.53. The van der Waals surface area contributed by atoms with Gasteiger partial charge >= 0.3 is 0 Å². The van der Waals surface area contributed by atoms with E-state index < -0.39 is 17.2 Å². The first-order chi connectivity index (χ1) is 16.5. The second-order valence-corrected chi connectivity index (χ2v) is 7.09. The summed E-state index contributed by atoms with van der Waals surface area (Å²) >= 11 is 0. The standard InChI is InChI=1S/C25H17F2N5O2/c26-21-11-10-19(12-22(21)27)34-15-17-8-6-16(7-9-17)14-29-32-25-30-23(18-4-2-1-3-5-18)20(13-28)24(33)31-25/h1-12,14H,15H2,(H2,30,31,32,33). The number of nitriles is 1. The predicted molar refractivity (Wildman–Crippen MR) is 123 cm³/mol. The normalized spacial score (nSPS) is 10.7. The molecule has 168 valence electrons. The molecule has 1 heterocycles. The van der Waals surface area contributed by atoms with E-state index in [2.05, 4.69) is 20.5 Å². The highest BCUT2D eigenvalue weighted by molar-refractivity contribution is 5.80. The molecule has 4 rings (SSSR count). The van der Waals surface area contributed by atoms with Gasteiger partial charge < -0.3 is 4.74 Å². The van der Waals surface area contributed by atoms with Crippen LogP contribution in [0.2, 0.25) is 0 Å². The lowest BCUT2D eigenvalue weighted by atomic mass is 10.1. The molecule has 34 heavy (non-hydrogen) atoms.